The molecule has 1 heterocycles. The van der Waals surface area contributed by atoms with Gasteiger partial charge in [-0.05, 0) is 31.0 Å². The molecule has 0 saturated heterocycles. The highest BCUT2D eigenvalue weighted by Gasteiger charge is 2.18. The second-order valence-corrected chi connectivity index (χ2v) is 6.77. The fraction of sp³-hybridized carbons (Fsp3) is 0.368. The lowest BCUT2D eigenvalue weighted by Crippen LogP contribution is -2.22. The monoisotopic (exact) mass is 395 g/mol. The van der Waals surface area contributed by atoms with E-state index in [4.69, 9.17) is 30.6 Å². The fourth-order valence-corrected chi connectivity index (χ4v) is 2.62. The van der Waals surface area contributed by atoms with E-state index in [1.807, 2.05) is 13.8 Å². The Kier molecular flexibility index (Phi) is 6.74. The highest BCUT2D eigenvalue weighted by Crippen LogP contribution is 2.36. The predicted molar refractivity (Wildman–Crippen MR) is 99.9 cm³/mol. The molecule has 0 fully saturated rings. The lowest BCUT2D eigenvalue weighted by Gasteiger charge is -2.15. The van der Waals surface area contributed by atoms with Crippen LogP contribution in [-0.2, 0) is 6.54 Å². The Morgan fingerprint density at radius 2 is 2.00 bits per heavy atom. The number of carbonyl (C=O) groups excluding carboxylic acids is 1. The Bertz CT molecular complexity index is 843. The van der Waals surface area contributed by atoms with Crippen LogP contribution < -0.4 is 14.8 Å². The molecular weight excluding hydrogens is 374 g/mol. The van der Waals surface area contributed by atoms with Gasteiger partial charge in [0.15, 0.2) is 11.5 Å². The van der Waals surface area contributed by atoms with Gasteiger partial charge in [-0.3, -0.25) is 4.79 Å². The van der Waals surface area contributed by atoms with Crippen molar-refractivity contribution in [3.05, 3.63) is 45.9 Å². The molecule has 0 bridgehead atoms. The number of halogens is 1. The van der Waals surface area contributed by atoms with E-state index in [1.165, 1.54) is 25.3 Å². The number of benzene rings is 1. The van der Waals surface area contributed by atoms with E-state index < -0.39 is 11.9 Å². The minimum Gasteiger partial charge on any atom is -0.493 e. The van der Waals surface area contributed by atoms with E-state index in [0.29, 0.717) is 29.8 Å². The van der Waals surface area contributed by atoms with Crippen molar-refractivity contribution in [3.8, 4) is 11.5 Å². The number of carboxylic acids is 1. The minimum absolute atomic E-state index is 0.0402. The van der Waals surface area contributed by atoms with Crippen molar-refractivity contribution in [2.75, 3.05) is 13.7 Å². The van der Waals surface area contributed by atoms with E-state index >= 15 is 0 Å². The largest absolute Gasteiger partial charge is 0.493 e. The van der Waals surface area contributed by atoms with Crippen LogP contribution in [-0.4, -0.2) is 30.7 Å². The number of aryl methyl sites for hydroxylation is 1. The quantitative estimate of drug-likeness (QED) is 0.703. The number of amides is 1. The van der Waals surface area contributed by atoms with Crippen LogP contribution in [0.1, 0.15) is 46.1 Å². The number of nitrogens with one attached hydrogen (secondary N) is 1. The van der Waals surface area contributed by atoms with Gasteiger partial charge in [0.2, 0.25) is 0 Å². The van der Waals surface area contributed by atoms with E-state index in [-0.39, 0.29) is 28.5 Å². The Hall–Kier alpha value is -2.67. The average molecular weight is 396 g/mol. The first kappa shape index (κ1) is 20.6. The van der Waals surface area contributed by atoms with Gasteiger partial charge in [-0.15, -0.1) is 0 Å². The van der Waals surface area contributed by atoms with Crippen LogP contribution in [0.15, 0.2) is 22.6 Å². The van der Waals surface area contributed by atoms with Gasteiger partial charge in [-0.25, -0.2) is 4.79 Å². The zero-order valence-electron chi connectivity index (χ0n) is 15.6. The van der Waals surface area contributed by atoms with Gasteiger partial charge >= 0.3 is 5.97 Å². The predicted octanol–water partition coefficient (Wildman–Crippen LogP) is 3.91. The molecule has 0 aliphatic carbocycles. The average Bonchev–Trinajstić information content (AvgIpc) is 2.98. The summed E-state index contributed by atoms with van der Waals surface area (Å²) >= 11 is 6.25. The van der Waals surface area contributed by atoms with Crippen molar-refractivity contribution in [2.24, 2.45) is 5.92 Å². The molecule has 2 aromatic rings. The van der Waals surface area contributed by atoms with Crippen molar-refractivity contribution >= 4 is 23.5 Å². The number of aromatic carboxylic acids is 1. The van der Waals surface area contributed by atoms with Crippen molar-refractivity contribution in [3.63, 3.8) is 0 Å². The summed E-state index contributed by atoms with van der Waals surface area (Å²) in [6.45, 7) is 6.07. The number of ether oxygens (including phenoxy) is 2. The zero-order chi connectivity index (χ0) is 20.1. The summed E-state index contributed by atoms with van der Waals surface area (Å²) in [5.41, 5.74) is 0.353. The van der Waals surface area contributed by atoms with E-state index in [1.54, 1.807) is 6.92 Å². The molecule has 2 rings (SSSR count). The number of carbonyl (C=O) groups is 2. The third-order valence-corrected chi connectivity index (χ3v) is 3.96. The summed E-state index contributed by atoms with van der Waals surface area (Å²) in [6, 6.07) is 4.41. The minimum atomic E-state index is -1.08. The third kappa shape index (κ3) is 5.17. The SMILES string of the molecule is COc1cc(C(=O)NCc2cc(C(=O)O)c(C)o2)cc(Cl)c1OCC(C)C. The van der Waals surface area contributed by atoms with Gasteiger partial charge in [0, 0.05) is 5.56 Å². The van der Waals surface area contributed by atoms with Crippen LogP contribution in [0.2, 0.25) is 5.02 Å². The second kappa shape index (κ2) is 8.81. The maximum absolute atomic E-state index is 12.4. The Balaban J connectivity index is 2.13. The number of hydrogen-bond acceptors (Lipinski definition) is 5. The van der Waals surface area contributed by atoms with Gasteiger partial charge in [-0.1, -0.05) is 25.4 Å². The summed E-state index contributed by atoms with van der Waals surface area (Å²) in [5, 5.41) is 12.0. The summed E-state index contributed by atoms with van der Waals surface area (Å²) in [4.78, 5) is 23.5. The van der Waals surface area contributed by atoms with E-state index in [0.717, 1.165) is 0 Å². The summed E-state index contributed by atoms with van der Waals surface area (Å²) in [5.74, 6) is 0.184. The standard InChI is InChI=1S/C19H22ClNO6/c1-10(2)9-26-17-15(20)5-12(6-16(17)25-4)18(22)21-8-13-7-14(19(23)24)11(3)27-13/h5-7,10H,8-9H2,1-4H3,(H,21,22)(H,23,24). The van der Waals surface area contributed by atoms with Crippen LogP contribution in [0.4, 0.5) is 0 Å². The molecule has 0 unspecified atom stereocenters. The molecule has 1 aromatic carbocycles. The highest BCUT2D eigenvalue weighted by molar-refractivity contribution is 6.32. The molecule has 1 amide bonds. The van der Waals surface area contributed by atoms with Gasteiger partial charge in [0.05, 0.1) is 25.3 Å². The molecule has 0 aliphatic heterocycles. The molecule has 0 radical (unpaired) electrons. The Morgan fingerprint density at radius 1 is 1.30 bits per heavy atom. The Morgan fingerprint density at radius 3 is 2.56 bits per heavy atom. The molecule has 8 heteroatoms. The fourth-order valence-electron chi connectivity index (χ4n) is 2.35. The van der Waals surface area contributed by atoms with Crippen LogP contribution in [0.25, 0.3) is 0 Å². The number of rotatable bonds is 8. The molecular formula is C19H22ClNO6. The Labute approximate surface area is 162 Å². The maximum Gasteiger partial charge on any atom is 0.339 e. The molecule has 27 heavy (non-hydrogen) atoms. The number of methoxy groups -OCH3 is 1. The van der Waals surface area contributed by atoms with Gasteiger partial charge in [0.1, 0.15) is 17.1 Å². The normalized spacial score (nSPS) is 10.7. The summed E-state index contributed by atoms with van der Waals surface area (Å²) in [6.07, 6.45) is 0. The number of furan rings is 1. The lowest BCUT2D eigenvalue weighted by molar-refractivity contribution is 0.0694. The number of hydrogen-bond donors (Lipinski definition) is 2. The summed E-state index contributed by atoms with van der Waals surface area (Å²) < 4.78 is 16.3. The second-order valence-electron chi connectivity index (χ2n) is 6.36. The van der Waals surface area contributed by atoms with Crippen molar-refractivity contribution in [1.82, 2.24) is 5.32 Å². The zero-order valence-corrected chi connectivity index (χ0v) is 16.3. The van der Waals surface area contributed by atoms with E-state index in [2.05, 4.69) is 5.32 Å². The molecule has 1 aromatic heterocycles. The molecule has 7 nitrogen and oxygen atoms in total. The number of carboxylic acid groups (broad SMARTS) is 1. The molecule has 0 spiro atoms. The van der Waals surface area contributed by atoms with Crippen molar-refractivity contribution in [1.29, 1.82) is 0 Å². The maximum atomic E-state index is 12.4. The van der Waals surface area contributed by atoms with Crippen LogP contribution in [0.5, 0.6) is 11.5 Å². The molecule has 146 valence electrons. The van der Waals surface area contributed by atoms with Crippen molar-refractivity contribution in [2.45, 2.75) is 27.3 Å². The first-order valence-corrected chi connectivity index (χ1v) is 8.71. The first-order chi connectivity index (χ1) is 12.7. The first-order valence-electron chi connectivity index (χ1n) is 8.34. The van der Waals surface area contributed by atoms with Crippen molar-refractivity contribution < 1.29 is 28.6 Å². The molecule has 0 saturated carbocycles. The molecule has 2 N–H and O–H groups in total. The van der Waals surface area contributed by atoms with Crippen LogP contribution >= 0.6 is 11.6 Å². The van der Waals surface area contributed by atoms with Gasteiger partial charge in [0.25, 0.3) is 5.91 Å². The van der Waals surface area contributed by atoms with Gasteiger partial charge in [-0.2, -0.15) is 0 Å². The van der Waals surface area contributed by atoms with Crippen LogP contribution in [0, 0.1) is 12.8 Å². The topological polar surface area (TPSA) is 98.0 Å². The van der Waals surface area contributed by atoms with Crippen LogP contribution in [0.3, 0.4) is 0 Å². The lowest BCUT2D eigenvalue weighted by atomic mass is 10.1. The van der Waals surface area contributed by atoms with Gasteiger partial charge < -0.3 is 24.3 Å². The third-order valence-electron chi connectivity index (χ3n) is 3.68. The smallest absolute Gasteiger partial charge is 0.339 e. The molecule has 0 atom stereocenters. The van der Waals surface area contributed by atoms with E-state index in [9.17, 15) is 9.59 Å². The highest BCUT2D eigenvalue weighted by atomic mass is 35.5. The molecule has 0 aliphatic rings. The summed E-state index contributed by atoms with van der Waals surface area (Å²) in [7, 11) is 1.47.